The number of fused-ring (bicyclic) bond motifs is 11. The third-order valence-electron chi connectivity index (χ3n) is 9.96. The molecule has 2 nitrogen and oxygen atoms in total. The van der Waals surface area contributed by atoms with Crippen LogP contribution in [0.1, 0.15) is 0 Å². The molecule has 0 N–H and O–H groups in total. The Morgan fingerprint density at radius 2 is 0.851 bits per heavy atom. The monoisotopic (exact) mass is 632 g/mol. The molecule has 0 bridgehead atoms. The molecule has 0 radical (unpaired) electrons. The minimum Gasteiger partial charge on any atom is -0.307 e. The van der Waals surface area contributed by atoms with Crippen molar-refractivity contribution >= 4 is 77.6 Å². The van der Waals surface area contributed by atoms with Gasteiger partial charge in [0.2, 0.25) is 0 Å². The van der Waals surface area contributed by atoms with Gasteiger partial charge in [-0.1, -0.05) is 103 Å². The summed E-state index contributed by atoms with van der Waals surface area (Å²) in [6.45, 7) is 0. The van der Waals surface area contributed by atoms with Crippen LogP contribution >= 0.6 is 23.2 Å². The van der Waals surface area contributed by atoms with Gasteiger partial charge in [-0.25, -0.2) is 0 Å². The molecule has 0 unspecified atom stereocenters. The van der Waals surface area contributed by atoms with Crippen LogP contribution in [0.15, 0.2) is 161 Å². The summed E-state index contributed by atoms with van der Waals surface area (Å²) in [4.78, 5) is 2.71. The Labute approximate surface area is 280 Å². The standard InChI is InChI=1S/C42H25BN2S2/c1-2-12-26(13-3-1)44-36-18-8-4-14-28(36)32-22-23-33-29-15-5-9-19-37(29)45(42(33)41(32)44)27-24-34-30-16-6-10-20-38(30)46-43-40(34)35(25-27)31-17-7-11-21-39(31)47-43/h1-25H. The van der Waals surface area contributed by atoms with Gasteiger partial charge in [0.1, 0.15) is 0 Å². The number of rotatable bonds is 2. The molecule has 0 atom stereocenters. The van der Waals surface area contributed by atoms with Crippen molar-refractivity contribution in [2.75, 3.05) is 0 Å². The Hall–Kier alpha value is -5.10. The second-order valence-corrected chi connectivity index (χ2v) is 15.0. The molecule has 0 saturated heterocycles. The van der Waals surface area contributed by atoms with Crippen LogP contribution in [0.2, 0.25) is 0 Å². The third kappa shape index (κ3) is 3.56. The zero-order valence-electron chi connectivity index (χ0n) is 25.2. The first kappa shape index (κ1) is 26.0. The quantitative estimate of drug-likeness (QED) is 0.176. The van der Waals surface area contributed by atoms with Gasteiger partial charge in [-0.2, -0.15) is 23.2 Å². The van der Waals surface area contributed by atoms with Crippen LogP contribution in [0, 0.1) is 0 Å². The van der Waals surface area contributed by atoms with Crippen LogP contribution in [0.5, 0.6) is 0 Å². The Morgan fingerprint density at radius 3 is 1.43 bits per heavy atom. The van der Waals surface area contributed by atoms with Gasteiger partial charge in [0.05, 0.1) is 22.1 Å². The molecule has 11 rings (SSSR count). The maximum absolute atomic E-state index is 2.55. The topological polar surface area (TPSA) is 9.86 Å². The predicted octanol–water partition coefficient (Wildman–Crippen LogP) is 11.1. The van der Waals surface area contributed by atoms with E-state index in [2.05, 4.69) is 161 Å². The number of hydrogen-bond acceptors (Lipinski definition) is 2. The summed E-state index contributed by atoms with van der Waals surface area (Å²) in [5, 5.41) is 5.40. The minimum absolute atomic E-state index is 0.323. The van der Waals surface area contributed by atoms with Crippen LogP contribution in [-0.2, 0) is 0 Å². The second-order valence-electron chi connectivity index (χ2n) is 12.4. The van der Waals surface area contributed by atoms with E-state index in [9.17, 15) is 0 Å². The van der Waals surface area contributed by atoms with E-state index in [4.69, 9.17) is 0 Å². The molecule has 0 amide bonds. The summed E-state index contributed by atoms with van der Waals surface area (Å²) in [6.07, 6.45) is 0. The van der Waals surface area contributed by atoms with Gasteiger partial charge in [0, 0.05) is 42.7 Å². The van der Waals surface area contributed by atoms with Gasteiger partial charge >= 0.3 is 5.27 Å². The van der Waals surface area contributed by atoms with Crippen molar-refractivity contribution in [3.8, 4) is 33.6 Å². The molecule has 0 saturated carbocycles. The highest BCUT2D eigenvalue weighted by Gasteiger charge is 2.37. The number of benzene rings is 7. The smallest absolute Gasteiger partial charge is 0.307 e. The lowest BCUT2D eigenvalue weighted by atomic mass is 9.77. The van der Waals surface area contributed by atoms with Gasteiger partial charge in [0.25, 0.3) is 0 Å². The fourth-order valence-corrected chi connectivity index (χ4v) is 11.0. The summed E-state index contributed by atoms with van der Waals surface area (Å²) in [5.74, 6) is 0. The van der Waals surface area contributed by atoms with Crippen molar-refractivity contribution in [1.82, 2.24) is 9.13 Å². The van der Waals surface area contributed by atoms with E-state index in [1.54, 1.807) is 0 Å². The summed E-state index contributed by atoms with van der Waals surface area (Å²) >= 11 is 3.99. The lowest BCUT2D eigenvalue weighted by molar-refractivity contribution is 1.15. The summed E-state index contributed by atoms with van der Waals surface area (Å²) in [6, 6.07) is 56.1. The zero-order chi connectivity index (χ0) is 30.6. The Balaban J connectivity index is 1.34. The minimum atomic E-state index is 0.323. The summed E-state index contributed by atoms with van der Waals surface area (Å²) in [7, 11) is 0. The van der Waals surface area contributed by atoms with Crippen LogP contribution in [-0.4, -0.2) is 14.4 Å². The Kier molecular flexibility index (Phi) is 5.38. The molecule has 2 aromatic heterocycles. The SMILES string of the molecule is c1ccc(-n2c3ccccc3c3ccc4c5ccccc5n(-c5cc6c7c(c5)-c5ccccc5SB7Sc5ccccc5-6)c4c32)cc1. The summed E-state index contributed by atoms with van der Waals surface area (Å²) < 4.78 is 5.02. The highest BCUT2D eigenvalue weighted by molar-refractivity contribution is 8.56. The normalized spacial score (nSPS) is 13.3. The first-order chi connectivity index (χ1) is 23.3. The number of para-hydroxylation sites is 3. The van der Waals surface area contributed by atoms with Gasteiger partial charge in [0.15, 0.2) is 0 Å². The second kappa shape index (κ2) is 9.71. The van der Waals surface area contributed by atoms with Crippen molar-refractivity contribution in [3.05, 3.63) is 152 Å². The van der Waals surface area contributed by atoms with Crippen LogP contribution in [0.25, 0.3) is 77.2 Å². The zero-order valence-corrected chi connectivity index (χ0v) is 26.9. The van der Waals surface area contributed by atoms with Crippen molar-refractivity contribution in [1.29, 1.82) is 0 Å². The average Bonchev–Trinajstić information content (AvgIpc) is 3.65. The molecule has 4 heterocycles. The van der Waals surface area contributed by atoms with Gasteiger partial charge < -0.3 is 9.13 Å². The van der Waals surface area contributed by atoms with E-state index < -0.39 is 0 Å². The molecule has 2 aliphatic rings. The molecular weight excluding hydrogens is 607 g/mol. The Bertz CT molecular complexity index is 2690. The van der Waals surface area contributed by atoms with Crippen molar-refractivity contribution in [2.45, 2.75) is 9.79 Å². The van der Waals surface area contributed by atoms with E-state index in [0.717, 1.165) is 0 Å². The maximum atomic E-state index is 2.55. The molecule has 2 aliphatic heterocycles. The van der Waals surface area contributed by atoms with Gasteiger partial charge in [-0.15, -0.1) is 0 Å². The van der Waals surface area contributed by atoms with E-state index >= 15 is 0 Å². The molecule has 0 aliphatic carbocycles. The molecule has 9 aromatic rings. The fraction of sp³-hybridized carbons (Fsp3) is 0. The largest absolute Gasteiger partial charge is 0.318 e. The van der Waals surface area contributed by atoms with Crippen molar-refractivity contribution in [3.63, 3.8) is 0 Å². The molecule has 0 fully saturated rings. The fourth-order valence-electron chi connectivity index (χ4n) is 8.04. The van der Waals surface area contributed by atoms with Crippen LogP contribution < -0.4 is 5.46 Å². The van der Waals surface area contributed by atoms with Crippen molar-refractivity contribution in [2.24, 2.45) is 0 Å². The van der Waals surface area contributed by atoms with Gasteiger partial charge in [-0.3, -0.25) is 0 Å². The average molecular weight is 633 g/mol. The van der Waals surface area contributed by atoms with E-state index in [-0.39, 0.29) is 0 Å². The first-order valence-electron chi connectivity index (χ1n) is 16.0. The molecule has 0 spiro atoms. The van der Waals surface area contributed by atoms with Gasteiger partial charge in [-0.05, 0) is 76.2 Å². The van der Waals surface area contributed by atoms with Crippen LogP contribution in [0.3, 0.4) is 0 Å². The third-order valence-corrected chi connectivity index (χ3v) is 12.7. The number of hydrogen-bond donors (Lipinski definition) is 0. The highest BCUT2D eigenvalue weighted by Crippen LogP contribution is 2.50. The molecule has 47 heavy (non-hydrogen) atoms. The lowest BCUT2D eigenvalue weighted by Crippen LogP contribution is -2.33. The molecule has 5 heteroatoms. The van der Waals surface area contributed by atoms with E-state index in [0.29, 0.717) is 5.27 Å². The molecule has 7 aromatic carbocycles. The van der Waals surface area contributed by atoms with Crippen LogP contribution in [0.4, 0.5) is 0 Å². The molecule has 218 valence electrons. The van der Waals surface area contributed by atoms with E-state index in [1.165, 1.54) is 92.5 Å². The lowest BCUT2D eigenvalue weighted by Gasteiger charge is -2.32. The number of aromatic nitrogens is 2. The highest BCUT2D eigenvalue weighted by atomic mass is 32.2. The van der Waals surface area contributed by atoms with Crippen molar-refractivity contribution < 1.29 is 0 Å². The molecular formula is C42H25BN2S2. The maximum Gasteiger partial charge on any atom is 0.318 e. The number of nitrogens with zero attached hydrogens (tertiary/aromatic N) is 2. The Morgan fingerprint density at radius 1 is 0.383 bits per heavy atom. The first-order valence-corrected chi connectivity index (χ1v) is 17.8. The predicted molar refractivity (Wildman–Crippen MR) is 203 cm³/mol. The van der Waals surface area contributed by atoms with E-state index in [1.807, 2.05) is 23.2 Å². The summed E-state index contributed by atoms with van der Waals surface area (Å²) in [5.41, 5.74) is 14.1.